The maximum Gasteiger partial charge on any atom is 0.261 e. The number of anilines is 1. The molecule has 0 saturated heterocycles. The average molecular weight is 301 g/mol. The molecule has 7 heteroatoms. The van der Waals surface area contributed by atoms with Crippen LogP contribution in [0, 0.1) is 24.4 Å². The zero-order chi connectivity index (χ0) is 14.9. The molecule has 0 unspecified atom stereocenters. The zero-order valence-corrected chi connectivity index (χ0v) is 10.9. The van der Waals surface area contributed by atoms with E-state index in [2.05, 4.69) is 10.3 Å². The Hall–Kier alpha value is -2.08. The van der Waals surface area contributed by atoms with Gasteiger partial charge >= 0.3 is 0 Å². The molecule has 0 saturated carbocycles. The summed E-state index contributed by atoms with van der Waals surface area (Å²) in [5, 5.41) is 2.52. The van der Waals surface area contributed by atoms with Gasteiger partial charge in [-0.2, -0.15) is 0 Å². The highest BCUT2D eigenvalue weighted by Gasteiger charge is 2.19. The highest BCUT2D eigenvalue weighted by Crippen LogP contribution is 2.19. The normalized spacial score (nSPS) is 10.4. The Morgan fingerprint density at radius 1 is 1.20 bits per heavy atom. The summed E-state index contributed by atoms with van der Waals surface area (Å²) in [6.45, 7) is 1.66. The molecular weight excluding hydrogens is 293 g/mol. The van der Waals surface area contributed by atoms with Crippen LogP contribution < -0.4 is 5.32 Å². The van der Waals surface area contributed by atoms with Crippen molar-refractivity contribution in [2.45, 2.75) is 6.92 Å². The second-order valence-electron chi connectivity index (χ2n) is 4.03. The molecule has 2 rings (SSSR count). The Balaban J connectivity index is 2.31. The highest BCUT2D eigenvalue weighted by molar-refractivity contribution is 6.30. The standard InChI is InChI=1S/C13H8ClF3N2O/c1-6-2-8(5-18-12(6)14)19-13(20)11-9(16)3-7(15)4-10(11)17/h2-5H,1H3,(H,19,20). The number of hydrogen-bond donors (Lipinski definition) is 1. The Kier molecular flexibility index (Phi) is 3.94. The number of nitrogens with zero attached hydrogens (tertiary/aromatic N) is 1. The van der Waals surface area contributed by atoms with E-state index >= 15 is 0 Å². The first-order valence-electron chi connectivity index (χ1n) is 5.46. The van der Waals surface area contributed by atoms with Crippen LogP contribution in [0.3, 0.4) is 0 Å². The van der Waals surface area contributed by atoms with Crippen LogP contribution in [0.2, 0.25) is 5.15 Å². The molecule has 0 spiro atoms. The van der Waals surface area contributed by atoms with Crippen molar-refractivity contribution in [3.8, 4) is 0 Å². The van der Waals surface area contributed by atoms with E-state index in [0.717, 1.165) is 0 Å². The zero-order valence-electron chi connectivity index (χ0n) is 10.2. The third kappa shape index (κ3) is 2.91. The van der Waals surface area contributed by atoms with Crippen molar-refractivity contribution in [3.05, 3.63) is 58.1 Å². The van der Waals surface area contributed by atoms with E-state index in [4.69, 9.17) is 11.6 Å². The molecule has 104 valence electrons. The summed E-state index contributed by atoms with van der Waals surface area (Å²) in [4.78, 5) is 15.6. The Morgan fingerprint density at radius 2 is 1.80 bits per heavy atom. The molecule has 1 aromatic heterocycles. The number of hydrogen-bond acceptors (Lipinski definition) is 2. The molecule has 0 aliphatic rings. The lowest BCUT2D eigenvalue weighted by atomic mass is 10.1. The van der Waals surface area contributed by atoms with Crippen LogP contribution in [0.4, 0.5) is 18.9 Å². The summed E-state index contributed by atoms with van der Waals surface area (Å²) in [5.41, 5.74) is -0.0523. The topological polar surface area (TPSA) is 42.0 Å². The second-order valence-corrected chi connectivity index (χ2v) is 4.39. The van der Waals surface area contributed by atoms with E-state index in [-0.39, 0.29) is 10.8 Å². The van der Waals surface area contributed by atoms with E-state index in [9.17, 15) is 18.0 Å². The minimum atomic E-state index is -1.28. The second kappa shape index (κ2) is 5.50. The fraction of sp³-hybridized carbons (Fsp3) is 0.0769. The summed E-state index contributed by atoms with van der Waals surface area (Å²) in [5.74, 6) is -4.69. The first-order valence-corrected chi connectivity index (χ1v) is 5.84. The van der Waals surface area contributed by atoms with Crippen LogP contribution in [0.5, 0.6) is 0 Å². The van der Waals surface area contributed by atoms with E-state index in [0.29, 0.717) is 17.7 Å². The van der Waals surface area contributed by atoms with Crippen LogP contribution in [0.15, 0.2) is 24.4 Å². The van der Waals surface area contributed by atoms with Gasteiger partial charge in [0, 0.05) is 12.1 Å². The van der Waals surface area contributed by atoms with Gasteiger partial charge in [-0.15, -0.1) is 0 Å². The van der Waals surface area contributed by atoms with Crippen molar-refractivity contribution in [2.75, 3.05) is 5.32 Å². The van der Waals surface area contributed by atoms with E-state index < -0.39 is 28.9 Å². The number of benzene rings is 1. The summed E-state index contributed by atoms with van der Waals surface area (Å²) in [6, 6.07) is 2.36. The lowest BCUT2D eigenvalue weighted by Gasteiger charge is -2.08. The largest absolute Gasteiger partial charge is 0.320 e. The molecule has 0 aliphatic carbocycles. The molecule has 0 radical (unpaired) electrons. The smallest absolute Gasteiger partial charge is 0.261 e. The number of nitrogens with one attached hydrogen (secondary N) is 1. The van der Waals surface area contributed by atoms with Crippen LogP contribution >= 0.6 is 11.6 Å². The quantitative estimate of drug-likeness (QED) is 0.859. The Morgan fingerprint density at radius 3 is 2.35 bits per heavy atom. The van der Waals surface area contributed by atoms with Crippen molar-refractivity contribution in [3.63, 3.8) is 0 Å². The first-order chi connectivity index (χ1) is 9.38. The first kappa shape index (κ1) is 14.3. The molecule has 0 aliphatic heterocycles. The van der Waals surface area contributed by atoms with Crippen molar-refractivity contribution in [2.24, 2.45) is 0 Å². The van der Waals surface area contributed by atoms with Crippen LogP contribution in [-0.4, -0.2) is 10.9 Å². The molecule has 1 amide bonds. The third-order valence-electron chi connectivity index (χ3n) is 2.51. The van der Waals surface area contributed by atoms with Gasteiger partial charge in [-0.05, 0) is 18.6 Å². The predicted octanol–water partition coefficient (Wildman–Crippen LogP) is 3.71. The third-order valence-corrected chi connectivity index (χ3v) is 2.90. The van der Waals surface area contributed by atoms with Gasteiger partial charge in [-0.1, -0.05) is 11.6 Å². The van der Waals surface area contributed by atoms with Crippen LogP contribution in [-0.2, 0) is 0 Å². The highest BCUT2D eigenvalue weighted by atomic mass is 35.5. The van der Waals surface area contributed by atoms with Crippen molar-refractivity contribution >= 4 is 23.2 Å². The number of carbonyl (C=O) groups is 1. The summed E-state index contributed by atoms with van der Waals surface area (Å²) < 4.78 is 39.6. The fourth-order valence-corrected chi connectivity index (χ4v) is 1.68. The Bertz CT molecular complexity index is 668. The van der Waals surface area contributed by atoms with Crippen molar-refractivity contribution in [1.82, 2.24) is 4.98 Å². The lowest BCUT2D eigenvalue weighted by molar-refractivity contribution is 0.101. The number of carbonyl (C=O) groups excluding carboxylic acids is 1. The number of halogens is 4. The van der Waals surface area contributed by atoms with Crippen molar-refractivity contribution < 1.29 is 18.0 Å². The van der Waals surface area contributed by atoms with Gasteiger partial charge in [0.2, 0.25) is 0 Å². The SMILES string of the molecule is Cc1cc(NC(=O)c2c(F)cc(F)cc2F)cnc1Cl. The molecule has 0 fully saturated rings. The predicted molar refractivity (Wildman–Crippen MR) is 68.3 cm³/mol. The number of amides is 1. The molecule has 1 N–H and O–H groups in total. The molecule has 0 atom stereocenters. The molecule has 2 aromatic rings. The minimum absolute atomic E-state index is 0.222. The minimum Gasteiger partial charge on any atom is -0.320 e. The van der Waals surface area contributed by atoms with Gasteiger partial charge in [-0.3, -0.25) is 4.79 Å². The number of aryl methyl sites for hydroxylation is 1. The van der Waals surface area contributed by atoms with E-state index in [1.165, 1.54) is 12.3 Å². The lowest BCUT2D eigenvalue weighted by Crippen LogP contribution is -2.16. The average Bonchev–Trinajstić information content (AvgIpc) is 2.32. The monoisotopic (exact) mass is 300 g/mol. The van der Waals surface area contributed by atoms with E-state index in [1.807, 2.05) is 0 Å². The van der Waals surface area contributed by atoms with Gasteiger partial charge in [0.15, 0.2) is 0 Å². The maximum absolute atomic E-state index is 13.4. The fourth-order valence-electron chi connectivity index (χ4n) is 1.58. The van der Waals surface area contributed by atoms with Crippen LogP contribution in [0.1, 0.15) is 15.9 Å². The summed E-state index contributed by atoms with van der Waals surface area (Å²) in [6.07, 6.45) is 1.24. The summed E-state index contributed by atoms with van der Waals surface area (Å²) >= 11 is 5.72. The maximum atomic E-state index is 13.4. The molecular formula is C13H8ClF3N2O. The molecule has 0 bridgehead atoms. The van der Waals surface area contributed by atoms with Crippen LogP contribution in [0.25, 0.3) is 0 Å². The number of pyridine rings is 1. The molecule has 3 nitrogen and oxygen atoms in total. The van der Waals surface area contributed by atoms with E-state index in [1.54, 1.807) is 6.92 Å². The van der Waals surface area contributed by atoms with Gasteiger partial charge in [0.1, 0.15) is 28.2 Å². The molecule has 20 heavy (non-hydrogen) atoms. The van der Waals surface area contributed by atoms with Crippen molar-refractivity contribution in [1.29, 1.82) is 0 Å². The molecule has 1 aromatic carbocycles. The van der Waals surface area contributed by atoms with Gasteiger partial charge in [0.05, 0.1) is 11.9 Å². The van der Waals surface area contributed by atoms with Gasteiger partial charge in [0.25, 0.3) is 5.91 Å². The summed E-state index contributed by atoms with van der Waals surface area (Å²) in [7, 11) is 0. The molecule has 1 heterocycles. The number of rotatable bonds is 2. The Labute approximate surface area is 117 Å². The number of aromatic nitrogens is 1. The van der Waals surface area contributed by atoms with Gasteiger partial charge < -0.3 is 5.32 Å². The van der Waals surface area contributed by atoms with Gasteiger partial charge in [-0.25, -0.2) is 18.2 Å².